The van der Waals surface area contributed by atoms with Gasteiger partial charge in [0.05, 0.1) is 0 Å². The lowest BCUT2D eigenvalue weighted by Crippen LogP contribution is -2.11. The lowest BCUT2D eigenvalue weighted by atomic mass is 10.0. The molecule has 0 amide bonds. The maximum absolute atomic E-state index is 2.36. The third-order valence-electron chi connectivity index (χ3n) is 8.84. The number of anilines is 6. The van der Waals surface area contributed by atoms with Crippen LogP contribution in [0.2, 0.25) is 0 Å². The van der Waals surface area contributed by atoms with Gasteiger partial charge in [0.15, 0.2) is 0 Å². The summed E-state index contributed by atoms with van der Waals surface area (Å²) in [5.74, 6) is 0. The van der Waals surface area contributed by atoms with Gasteiger partial charge in [0.1, 0.15) is 0 Å². The van der Waals surface area contributed by atoms with Crippen molar-refractivity contribution >= 4 is 46.3 Å². The van der Waals surface area contributed by atoms with E-state index in [2.05, 4.69) is 219 Å². The van der Waals surface area contributed by atoms with Crippen LogP contribution in [0.5, 0.6) is 0 Å². The topological polar surface area (TPSA) is 6.48 Å². The van der Waals surface area contributed by atoms with Crippen molar-refractivity contribution in [2.75, 3.05) is 9.80 Å². The molecule has 0 unspecified atom stereocenters. The standard InChI is InChI=1S/C47H40N2/c1-35-32-36(2)34-46(33-35)49(47-17-11-10-12-37(47)3)45-30-26-41(27-31-45)40-24-20-38(21-25-40)18-19-39-22-28-44(29-23-39)48(42-13-6-4-7-14-42)43-15-8-5-9-16-43/h4-34H,1-3H3/b19-18+. The molecule has 0 heterocycles. The summed E-state index contributed by atoms with van der Waals surface area (Å²) in [5, 5.41) is 0. The Bertz CT molecular complexity index is 2100. The predicted octanol–water partition coefficient (Wildman–Crippen LogP) is 13.4. The minimum atomic E-state index is 1.13. The van der Waals surface area contributed by atoms with E-state index >= 15 is 0 Å². The van der Waals surface area contributed by atoms with Gasteiger partial charge >= 0.3 is 0 Å². The monoisotopic (exact) mass is 632 g/mol. The van der Waals surface area contributed by atoms with Crippen molar-refractivity contribution in [3.05, 3.63) is 204 Å². The molecule has 0 atom stereocenters. The molecule has 0 aliphatic heterocycles. The number of rotatable bonds is 9. The van der Waals surface area contributed by atoms with Crippen LogP contribution < -0.4 is 9.80 Å². The molecule has 7 rings (SSSR count). The Morgan fingerprint density at radius 2 is 0.755 bits per heavy atom. The van der Waals surface area contributed by atoms with Gasteiger partial charge in [0, 0.05) is 34.1 Å². The van der Waals surface area contributed by atoms with Crippen molar-refractivity contribution in [3.63, 3.8) is 0 Å². The fraction of sp³-hybridized carbons (Fsp3) is 0.0638. The molecule has 7 aromatic carbocycles. The van der Waals surface area contributed by atoms with E-state index in [1.165, 1.54) is 44.8 Å². The predicted molar refractivity (Wildman–Crippen MR) is 211 cm³/mol. The van der Waals surface area contributed by atoms with Gasteiger partial charge < -0.3 is 9.80 Å². The van der Waals surface area contributed by atoms with Gasteiger partial charge in [-0.1, -0.05) is 121 Å². The molecular formula is C47H40N2. The first-order chi connectivity index (χ1) is 24.0. The van der Waals surface area contributed by atoms with Crippen molar-refractivity contribution in [1.82, 2.24) is 0 Å². The molecule has 0 N–H and O–H groups in total. The SMILES string of the molecule is Cc1cc(C)cc(N(c2ccc(-c3ccc(/C=C/c4ccc(N(c5ccccc5)c5ccccc5)cc4)cc3)cc2)c2ccccc2C)c1. The Morgan fingerprint density at radius 3 is 1.29 bits per heavy atom. The van der Waals surface area contributed by atoms with Gasteiger partial charge in [0.25, 0.3) is 0 Å². The highest BCUT2D eigenvalue weighted by atomic mass is 15.1. The fourth-order valence-electron chi connectivity index (χ4n) is 6.44. The largest absolute Gasteiger partial charge is 0.311 e. The Kier molecular flexibility index (Phi) is 9.21. The highest BCUT2D eigenvalue weighted by Gasteiger charge is 2.15. The lowest BCUT2D eigenvalue weighted by molar-refractivity contribution is 1.23. The van der Waals surface area contributed by atoms with Crippen LogP contribution in [0.25, 0.3) is 23.3 Å². The summed E-state index contributed by atoms with van der Waals surface area (Å²) in [6.07, 6.45) is 4.36. The third kappa shape index (κ3) is 7.25. The zero-order valence-electron chi connectivity index (χ0n) is 28.3. The van der Waals surface area contributed by atoms with E-state index in [-0.39, 0.29) is 0 Å². The molecule has 0 bridgehead atoms. The molecule has 0 fully saturated rings. The van der Waals surface area contributed by atoms with Gasteiger partial charge in [-0.25, -0.2) is 0 Å². The van der Waals surface area contributed by atoms with Crippen molar-refractivity contribution in [2.45, 2.75) is 20.8 Å². The van der Waals surface area contributed by atoms with Gasteiger partial charge in [-0.2, -0.15) is 0 Å². The highest BCUT2D eigenvalue weighted by Crippen LogP contribution is 2.38. The maximum atomic E-state index is 2.36. The second-order valence-corrected chi connectivity index (χ2v) is 12.6. The summed E-state index contributed by atoms with van der Waals surface area (Å²) >= 11 is 0. The summed E-state index contributed by atoms with van der Waals surface area (Å²) in [6, 6.07) is 62.8. The molecule has 7 aromatic rings. The summed E-state index contributed by atoms with van der Waals surface area (Å²) in [6.45, 7) is 6.50. The molecule has 0 radical (unpaired) electrons. The minimum Gasteiger partial charge on any atom is -0.311 e. The zero-order valence-corrected chi connectivity index (χ0v) is 28.3. The van der Waals surface area contributed by atoms with E-state index in [0.29, 0.717) is 0 Å². The fourth-order valence-corrected chi connectivity index (χ4v) is 6.44. The Labute approximate surface area is 290 Å². The van der Waals surface area contributed by atoms with E-state index in [1.54, 1.807) is 0 Å². The van der Waals surface area contributed by atoms with E-state index in [1.807, 2.05) is 0 Å². The molecule has 0 saturated carbocycles. The van der Waals surface area contributed by atoms with E-state index in [4.69, 9.17) is 0 Å². The normalized spacial score (nSPS) is 11.1. The van der Waals surface area contributed by atoms with Gasteiger partial charge in [-0.3, -0.25) is 0 Å². The zero-order chi connectivity index (χ0) is 33.6. The van der Waals surface area contributed by atoms with Crippen molar-refractivity contribution in [3.8, 4) is 11.1 Å². The second kappa shape index (κ2) is 14.3. The van der Waals surface area contributed by atoms with Crippen molar-refractivity contribution < 1.29 is 0 Å². The van der Waals surface area contributed by atoms with E-state index in [9.17, 15) is 0 Å². The van der Waals surface area contributed by atoms with Crippen LogP contribution in [0.1, 0.15) is 27.8 Å². The van der Waals surface area contributed by atoms with Crippen LogP contribution in [0.4, 0.5) is 34.1 Å². The number of hydrogen-bond donors (Lipinski definition) is 0. The van der Waals surface area contributed by atoms with Gasteiger partial charge in [-0.05, 0) is 126 Å². The number of nitrogens with zero attached hydrogens (tertiary/aromatic N) is 2. The molecule has 238 valence electrons. The van der Waals surface area contributed by atoms with E-state index < -0.39 is 0 Å². The molecule has 0 aliphatic carbocycles. The summed E-state index contributed by atoms with van der Waals surface area (Å²) in [7, 11) is 0. The lowest BCUT2D eigenvalue weighted by Gasteiger charge is -2.28. The Balaban J connectivity index is 1.08. The number of aryl methyl sites for hydroxylation is 3. The molecule has 2 nitrogen and oxygen atoms in total. The Morgan fingerprint density at radius 1 is 0.347 bits per heavy atom. The molecule has 0 spiro atoms. The van der Waals surface area contributed by atoms with Crippen molar-refractivity contribution in [1.29, 1.82) is 0 Å². The van der Waals surface area contributed by atoms with Crippen LogP contribution in [-0.2, 0) is 0 Å². The quantitative estimate of drug-likeness (QED) is 0.146. The minimum absolute atomic E-state index is 1.13. The number of hydrogen-bond acceptors (Lipinski definition) is 2. The third-order valence-corrected chi connectivity index (χ3v) is 8.84. The average Bonchev–Trinajstić information content (AvgIpc) is 3.13. The first-order valence-corrected chi connectivity index (χ1v) is 16.8. The highest BCUT2D eigenvalue weighted by molar-refractivity contribution is 5.81. The molecule has 2 heteroatoms. The Hall–Kier alpha value is -6.12. The average molecular weight is 633 g/mol. The first kappa shape index (κ1) is 31.5. The number of benzene rings is 7. The number of para-hydroxylation sites is 3. The summed E-state index contributed by atoms with van der Waals surface area (Å²) in [4.78, 5) is 4.64. The van der Waals surface area contributed by atoms with E-state index in [0.717, 1.165) is 28.3 Å². The maximum Gasteiger partial charge on any atom is 0.0490 e. The molecule has 0 aromatic heterocycles. The molecule has 0 saturated heterocycles. The summed E-state index contributed by atoms with van der Waals surface area (Å²) in [5.41, 5.74) is 15.4. The molecule has 49 heavy (non-hydrogen) atoms. The second-order valence-electron chi connectivity index (χ2n) is 12.6. The van der Waals surface area contributed by atoms with Crippen LogP contribution in [0, 0.1) is 20.8 Å². The van der Waals surface area contributed by atoms with Gasteiger partial charge in [0.2, 0.25) is 0 Å². The van der Waals surface area contributed by atoms with Crippen molar-refractivity contribution in [2.24, 2.45) is 0 Å². The smallest absolute Gasteiger partial charge is 0.0490 e. The van der Waals surface area contributed by atoms with Crippen LogP contribution >= 0.6 is 0 Å². The van der Waals surface area contributed by atoms with Crippen LogP contribution in [0.15, 0.2) is 176 Å². The first-order valence-electron chi connectivity index (χ1n) is 16.8. The van der Waals surface area contributed by atoms with Crippen LogP contribution in [0.3, 0.4) is 0 Å². The van der Waals surface area contributed by atoms with Gasteiger partial charge in [-0.15, -0.1) is 0 Å². The summed E-state index contributed by atoms with van der Waals surface area (Å²) < 4.78 is 0. The molecule has 0 aliphatic rings. The molecular weight excluding hydrogens is 593 g/mol. The van der Waals surface area contributed by atoms with Crippen LogP contribution in [-0.4, -0.2) is 0 Å².